The van der Waals surface area contributed by atoms with E-state index in [0.29, 0.717) is 11.5 Å². The Morgan fingerprint density at radius 3 is 2.53 bits per heavy atom. The van der Waals surface area contributed by atoms with Crippen molar-refractivity contribution in [2.75, 3.05) is 31.1 Å². The monoisotopic (exact) mass is 257 g/mol. The lowest BCUT2D eigenvalue weighted by atomic mass is 10.3. The van der Waals surface area contributed by atoms with E-state index < -0.39 is 0 Å². The minimum atomic E-state index is -0.149. The zero-order chi connectivity index (χ0) is 13.1. The Bertz CT molecular complexity index is 249. The number of hydrogen-bond acceptors (Lipinski definition) is 4. The molecule has 0 aromatic rings. The molecule has 1 amide bonds. The highest BCUT2D eigenvalue weighted by Crippen LogP contribution is 2.05. The number of nitriles is 1. The van der Waals surface area contributed by atoms with Gasteiger partial charge in [-0.15, -0.1) is 11.8 Å². The van der Waals surface area contributed by atoms with Gasteiger partial charge in [-0.05, 0) is 26.8 Å². The Labute approximate surface area is 109 Å². The SMILES string of the molecule is CCCNC(C#N)CSCC(=O)N(CC)CC. The van der Waals surface area contributed by atoms with Crippen molar-refractivity contribution in [2.45, 2.75) is 33.2 Å². The van der Waals surface area contributed by atoms with Gasteiger partial charge in [0.25, 0.3) is 0 Å². The van der Waals surface area contributed by atoms with Crippen molar-refractivity contribution in [3.63, 3.8) is 0 Å². The van der Waals surface area contributed by atoms with Gasteiger partial charge in [0.1, 0.15) is 6.04 Å². The van der Waals surface area contributed by atoms with Crippen LogP contribution in [0.2, 0.25) is 0 Å². The van der Waals surface area contributed by atoms with E-state index >= 15 is 0 Å². The van der Waals surface area contributed by atoms with Crippen LogP contribution in [0.5, 0.6) is 0 Å². The highest BCUT2D eigenvalue weighted by molar-refractivity contribution is 8.00. The third-order valence-corrected chi connectivity index (χ3v) is 3.44. The van der Waals surface area contributed by atoms with E-state index in [0.717, 1.165) is 26.1 Å². The molecule has 0 saturated heterocycles. The summed E-state index contributed by atoms with van der Waals surface area (Å²) in [6, 6.07) is 2.06. The predicted octanol–water partition coefficient (Wildman–Crippen LogP) is 1.48. The molecule has 0 aromatic heterocycles. The molecule has 1 N–H and O–H groups in total. The molecule has 0 heterocycles. The van der Waals surface area contributed by atoms with Crippen molar-refractivity contribution in [3.05, 3.63) is 0 Å². The maximum Gasteiger partial charge on any atom is 0.232 e. The maximum atomic E-state index is 11.7. The molecular weight excluding hydrogens is 234 g/mol. The van der Waals surface area contributed by atoms with E-state index in [4.69, 9.17) is 5.26 Å². The van der Waals surface area contributed by atoms with Gasteiger partial charge in [0, 0.05) is 18.8 Å². The molecule has 0 aliphatic rings. The van der Waals surface area contributed by atoms with Crippen LogP contribution in [0.25, 0.3) is 0 Å². The van der Waals surface area contributed by atoms with Crippen molar-refractivity contribution >= 4 is 17.7 Å². The first-order valence-electron chi connectivity index (χ1n) is 6.18. The summed E-state index contributed by atoms with van der Waals surface area (Å²) in [6.07, 6.45) is 1.02. The zero-order valence-electron chi connectivity index (χ0n) is 11.0. The van der Waals surface area contributed by atoms with E-state index in [1.54, 1.807) is 0 Å². The average molecular weight is 257 g/mol. The first-order chi connectivity index (χ1) is 8.19. The Hall–Kier alpha value is -0.730. The molecule has 4 nitrogen and oxygen atoms in total. The molecule has 5 heteroatoms. The molecule has 0 spiro atoms. The molecule has 0 bridgehead atoms. The van der Waals surface area contributed by atoms with Gasteiger partial charge in [0.2, 0.25) is 5.91 Å². The molecule has 0 saturated carbocycles. The number of carbonyl (C=O) groups is 1. The number of amides is 1. The number of nitrogens with one attached hydrogen (secondary N) is 1. The molecule has 1 unspecified atom stereocenters. The van der Waals surface area contributed by atoms with Gasteiger partial charge in [-0.1, -0.05) is 6.92 Å². The Kier molecular flexibility index (Phi) is 9.98. The average Bonchev–Trinajstić information content (AvgIpc) is 2.35. The van der Waals surface area contributed by atoms with E-state index in [1.807, 2.05) is 18.7 Å². The van der Waals surface area contributed by atoms with Gasteiger partial charge in [0.05, 0.1) is 11.8 Å². The largest absolute Gasteiger partial charge is 0.343 e. The summed E-state index contributed by atoms with van der Waals surface area (Å²) in [5.74, 6) is 1.30. The van der Waals surface area contributed by atoms with Crippen LogP contribution < -0.4 is 5.32 Å². The molecule has 0 rings (SSSR count). The summed E-state index contributed by atoms with van der Waals surface area (Å²) >= 11 is 1.53. The van der Waals surface area contributed by atoms with Crippen LogP contribution in [0.4, 0.5) is 0 Å². The second-order valence-electron chi connectivity index (χ2n) is 3.72. The molecule has 1 atom stereocenters. The summed E-state index contributed by atoms with van der Waals surface area (Å²) in [7, 11) is 0. The lowest BCUT2D eigenvalue weighted by Crippen LogP contribution is -2.34. The Morgan fingerprint density at radius 2 is 2.06 bits per heavy atom. The van der Waals surface area contributed by atoms with Crippen molar-refractivity contribution in [3.8, 4) is 6.07 Å². The van der Waals surface area contributed by atoms with Gasteiger partial charge in [-0.25, -0.2) is 0 Å². The van der Waals surface area contributed by atoms with Crippen molar-refractivity contribution in [2.24, 2.45) is 0 Å². The summed E-state index contributed by atoms with van der Waals surface area (Å²) in [4.78, 5) is 13.5. The molecule has 98 valence electrons. The smallest absolute Gasteiger partial charge is 0.232 e. The van der Waals surface area contributed by atoms with Crippen LogP contribution in [0.15, 0.2) is 0 Å². The molecule has 0 aliphatic heterocycles. The van der Waals surface area contributed by atoms with E-state index in [9.17, 15) is 4.79 Å². The summed E-state index contributed by atoms with van der Waals surface area (Å²) in [6.45, 7) is 8.39. The van der Waals surface area contributed by atoms with Crippen molar-refractivity contribution in [1.29, 1.82) is 5.26 Å². The fraction of sp³-hybridized carbons (Fsp3) is 0.833. The Balaban J connectivity index is 3.81. The maximum absolute atomic E-state index is 11.7. The van der Waals surface area contributed by atoms with E-state index in [-0.39, 0.29) is 11.9 Å². The summed E-state index contributed by atoms with van der Waals surface area (Å²) in [5.41, 5.74) is 0. The Morgan fingerprint density at radius 1 is 1.41 bits per heavy atom. The second-order valence-corrected chi connectivity index (χ2v) is 4.75. The van der Waals surface area contributed by atoms with Gasteiger partial charge in [-0.3, -0.25) is 4.79 Å². The molecule has 17 heavy (non-hydrogen) atoms. The number of hydrogen-bond donors (Lipinski definition) is 1. The lowest BCUT2D eigenvalue weighted by molar-refractivity contribution is -0.127. The number of thioether (sulfide) groups is 1. The zero-order valence-corrected chi connectivity index (χ0v) is 11.8. The van der Waals surface area contributed by atoms with Crippen LogP contribution in [0.1, 0.15) is 27.2 Å². The predicted molar refractivity (Wildman–Crippen MR) is 72.9 cm³/mol. The second kappa shape index (κ2) is 10.4. The molecule has 0 aliphatic carbocycles. The first-order valence-corrected chi connectivity index (χ1v) is 7.33. The van der Waals surface area contributed by atoms with Crippen LogP contribution >= 0.6 is 11.8 Å². The number of nitrogens with zero attached hydrogens (tertiary/aromatic N) is 2. The third kappa shape index (κ3) is 7.24. The quantitative estimate of drug-likeness (QED) is 0.680. The van der Waals surface area contributed by atoms with E-state index in [1.165, 1.54) is 11.8 Å². The minimum absolute atomic E-state index is 0.149. The van der Waals surface area contributed by atoms with Crippen LogP contribution in [0, 0.1) is 11.3 Å². The third-order valence-electron chi connectivity index (χ3n) is 2.42. The number of carbonyl (C=O) groups excluding carboxylic acids is 1. The highest BCUT2D eigenvalue weighted by Gasteiger charge is 2.11. The van der Waals surface area contributed by atoms with Crippen LogP contribution in [0.3, 0.4) is 0 Å². The normalized spacial score (nSPS) is 11.9. The molecule has 0 radical (unpaired) electrons. The van der Waals surface area contributed by atoms with Crippen molar-refractivity contribution < 1.29 is 4.79 Å². The van der Waals surface area contributed by atoms with Gasteiger partial charge < -0.3 is 10.2 Å². The lowest BCUT2D eigenvalue weighted by Gasteiger charge is -2.18. The fourth-order valence-electron chi connectivity index (χ4n) is 1.39. The summed E-state index contributed by atoms with van der Waals surface area (Å²) < 4.78 is 0. The summed E-state index contributed by atoms with van der Waals surface area (Å²) in [5, 5.41) is 12.0. The van der Waals surface area contributed by atoms with Crippen LogP contribution in [-0.4, -0.2) is 48.0 Å². The van der Waals surface area contributed by atoms with Crippen LogP contribution in [-0.2, 0) is 4.79 Å². The fourth-order valence-corrected chi connectivity index (χ4v) is 2.30. The van der Waals surface area contributed by atoms with Gasteiger partial charge in [-0.2, -0.15) is 5.26 Å². The van der Waals surface area contributed by atoms with Gasteiger partial charge >= 0.3 is 0 Å². The minimum Gasteiger partial charge on any atom is -0.343 e. The molecular formula is C12H23N3OS. The van der Waals surface area contributed by atoms with Crippen molar-refractivity contribution in [1.82, 2.24) is 10.2 Å². The topological polar surface area (TPSA) is 56.1 Å². The van der Waals surface area contributed by atoms with Gasteiger partial charge in [0.15, 0.2) is 0 Å². The first kappa shape index (κ1) is 16.3. The van der Waals surface area contributed by atoms with E-state index in [2.05, 4.69) is 18.3 Å². The molecule has 0 fully saturated rings. The highest BCUT2D eigenvalue weighted by atomic mass is 32.2. The standard InChI is InChI=1S/C12H23N3OS/c1-4-7-14-11(8-13)9-17-10-12(16)15(5-2)6-3/h11,14H,4-7,9-10H2,1-3H3. The molecule has 0 aromatic carbocycles. The number of rotatable bonds is 9.